The number of nitrogens with two attached hydrogens (primary N) is 1. The molecule has 2 rings (SSSR count). The smallest absolute Gasteiger partial charge is 0.257 e. The van der Waals surface area contributed by atoms with E-state index in [1.165, 1.54) is 0 Å². The molecule has 0 saturated carbocycles. The topological polar surface area (TPSA) is 90.7 Å². The Bertz CT molecular complexity index is 480. The Morgan fingerprint density at radius 2 is 2.00 bits per heavy atom. The second-order valence-corrected chi connectivity index (χ2v) is 4.64. The molecule has 1 aromatic rings. The molecule has 19 heavy (non-hydrogen) atoms. The van der Waals surface area contributed by atoms with Crippen LogP contribution in [0.3, 0.4) is 0 Å². The maximum atomic E-state index is 11.8. The highest BCUT2D eigenvalue weighted by atomic mass is 16.5. The molecule has 102 valence electrons. The molecule has 0 atom stereocenters. The second kappa shape index (κ2) is 5.38. The number of hydrogen-bond acceptors (Lipinski definition) is 5. The predicted molar refractivity (Wildman–Crippen MR) is 67.8 cm³/mol. The molecule has 0 bridgehead atoms. The van der Waals surface area contributed by atoms with Crippen molar-refractivity contribution in [3.8, 4) is 5.75 Å². The van der Waals surface area contributed by atoms with Crippen LogP contribution in [-0.4, -0.2) is 37.7 Å². The lowest BCUT2D eigenvalue weighted by atomic mass is 9.94. The van der Waals surface area contributed by atoms with E-state index in [9.17, 15) is 9.59 Å². The number of carbonyl (C=O) groups is 2. The van der Waals surface area contributed by atoms with Crippen molar-refractivity contribution in [3.63, 3.8) is 0 Å². The van der Waals surface area contributed by atoms with Gasteiger partial charge in [0.15, 0.2) is 0 Å². The number of benzene rings is 1. The van der Waals surface area contributed by atoms with E-state index in [2.05, 4.69) is 5.32 Å². The van der Waals surface area contributed by atoms with Crippen molar-refractivity contribution in [1.29, 1.82) is 0 Å². The molecule has 6 heteroatoms. The van der Waals surface area contributed by atoms with Gasteiger partial charge < -0.3 is 15.2 Å². The summed E-state index contributed by atoms with van der Waals surface area (Å²) < 4.78 is 9.94. The largest absolute Gasteiger partial charge is 0.497 e. The molecule has 1 aromatic carbocycles. The first-order valence-corrected chi connectivity index (χ1v) is 5.87. The van der Waals surface area contributed by atoms with Crippen molar-refractivity contribution in [2.45, 2.75) is 12.0 Å². The molecule has 1 aliphatic heterocycles. The standard InChI is InChI=1S/C13H16N2O4/c1-18-10-4-2-9(3-5-10)12(17)15-11(16)6-13(14)7-19-8-13/h2-5H,6-8,14H2,1H3,(H,15,16,17). The number of imide groups is 1. The number of ether oxygens (including phenoxy) is 2. The maximum absolute atomic E-state index is 11.8. The van der Waals surface area contributed by atoms with Crippen molar-refractivity contribution in [2.24, 2.45) is 5.73 Å². The summed E-state index contributed by atoms with van der Waals surface area (Å²) in [5.41, 5.74) is 5.60. The predicted octanol–water partition coefficient (Wildman–Crippen LogP) is 0.0694. The first kappa shape index (κ1) is 13.5. The van der Waals surface area contributed by atoms with Crippen LogP contribution in [0.15, 0.2) is 24.3 Å². The van der Waals surface area contributed by atoms with Crippen molar-refractivity contribution in [3.05, 3.63) is 29.8 Å². The Kier molecular flexibility index (Phi) is 3.82. The zero-order chi connectivity index (χ0) is 13.9. The molecular weight excluding hydrogens is 248 g/mol. The van der Waals surface area contributed by atoms with Crippen LogP contribution in [-0.2, 0) is 9.53 Å². The monoisotopic (exact) mass is 264 g/mol. The molecule has 1 aliphatic rings. The molecule has 1 saturated heterocycles. The number of amides is 2. The Morgan fingerprint density at radius 3 is 2.47 bits per heavy atom. The molecule has 0 spiro atoms. The fraction of sp³-hybridized carbons (Fsp3) is 0.385. The van der Waals surface area contributed by atoms with Gasteiger partial charge in [-0.25, -0.2) is 0 Å². The Hall–Kier alpha value is -1.92. The molecule has 0 aromatic heterocycles. The summed E-state index contributed by atoms with van der Waals surface area (Å²) >= 11 is 0. The normalized spacial score (nSPS) is 16.3. The van der Waals surface area contributed by atoms with Crippen molar-refractivity contribution >= 4 is 11.8 Å². The zero-order valence-corrected chi connectivity index (χ0v) is 10.6. The molecule has 3 N–H and O–H groups in total. The van der Waals surface area contributed by atoms with Crippen molar-refractivity contribution in [2.75, 3.05) is 20.3 Å². The highest BCUT2D eigenvalue weighted by Crippen LogP contribution is 2.17. The third kappa shape index (κ3) is 3.30. The van der Waals surface area contributed by atoms with Gasteiger partial charge in [-0.1, -0.05) is 0 Å². The minimum atomic E-state index is -0.635. The number of nitrogens with one attached hydrogen (secondary N) is 1. The lowest BCUT2D eigenvalue weighted by molar-refractivity contribution is -0.127. The average Bonchev–Trinajstić information content (AvgIpc) is 2.36. The van der Waals surface area contributed by atoms with Gasteiger partial charge in [-0.05, 0) is 24.3 Å². The summed E-state index contributed by atoms with van der Waals surface area (Å²) in [4.78, 5) is 23.5. The highest BCUT2D eigenvalue weighted by Gasteiger charge is 2.36. The molecule has 1 heterocycles. The Labute approximate surface area is 110 Å². The van der Waals surface area contributed by atoms with E-state index >= 15 is 0 Å². The van der Waals surface area contributed by atoms with E-state index in [4.69, 9.17) is 15.2 Å². The molecule has 0 aliphatic carbocycles. The Balaban J connectivity index is 1.90. The summed E-state index contributed by atoms with van der Waals surface area (Å²) in [5.74, 6) is -0.196. The fourth-order valence-electron chi connectivity index (χ4n) is 1.77. The van der Waals surface area contributed by atoms with Crippen LogP contribution in [0.5, 0.6) is 5.75 Å². The van der Waals surface area contributed by atoms with Gasteiger partial charge in [0.2, 0.25) is 5.91 Å². The first-order valence-electron chi connectivity index (χ1n) is 5.87. The van der Waals surface area contributed by atoms with Gasteiger partial charge in [0.1, 0.15) is 5.75 Å². The summed E-state index contributed by atoms with van der Waals surface area (Å²) in [6.45, 7) is 0.689. The third-order valence-electron chi connectivity index (χ3n) is 2.90. The first-order chi connectivity index (χ1) is 9.02. The lowest BCUT2D eigenvalue weighted by Gasteiger charge is -2.36. The summed E-state index contributed by atoms with van der Waals surface area (Å²) in [5, 5.41) is 2.30. The zero-order valence-electron chi connectivity index (χ0n) is 10.6. The molecule has 0 radical (unpaired) electrons. The van der Waals surface area contributed by atoms with Crippen LogP contribution in [0.4, 0.5) is 0 Å². The van der Waals surface area contributed by atoms with Gasteiger partial charge in [0, 0.05) is 12.0 Å². The maximum Gasteiger partial charge on any atom is 0.257 e. The van der Waals surface area contributed by atoms with Crippen LogP contribution in [0.1, 0.15) is 16.8 Å². The van der Waals surface area contributed by atoms with E-state index in [0.29, 0.717) is 24.5 Å². The molecule has 2 amide bonds. The minimum Gasteiger partial charge on any atom is -0.497 e. The van der Waals surface area contributed by atoms with Crippen LogP contribution < -0.4 is 15.8 Å². The number of hydrogen-bond donors (Lipinski definition) is 2. The quantitative estimate of drug-likeness (QED) is 0.803. The Morgan fingerprint density at radius 1 is 1.37 bits per heavy atom. The van der Waals surface area contributed by atoms with Gasteiger partial charge in [-0.15, -0.1) is 0 Å². The summed E-state index contributed by atoms with van der Waals surface area (Å²) in [7, 11) is 1.54. The van der Waals surface area contributed by atoms with Gasteiger partial charge in [0.05, 0.1) is 25.9 Å². The van der Waals surface area contributed by atoms with Crippen molar-refractivity contribution < 1.29 is 19.1 Å². The van der Waals surface area contributed by atoms with Crippen LogP contribution in [0.25, 0.3) is 0 Å². The average molecular weight is 264 g/mol. The molecule has 1 fully saturated rings. The summed E-state index contributed by atoms with van der Waals surface area (Å²) in [6, 6.07) is 6.49. The lowest BCUT2D eigenvalue weighted by Crippen LogP contribution is -2.59. The number of carbonyl (C=O) groups excluding carboxylic acids is 2. The van der Waals surface area contributed by atoms with Crippen LogP contribution >= 0.6 is 0 Å². The van der Waals surface area contributed by atoms with Gasteiger partial charge >= 0.3 is 0 Å². The molecular formula is C13H16N2O4. The SMILES string of the molecule is COc1ccc(C(=O)NC(=O)CC2(N)COC2)cc1. The second-order valence-electron chi connectivity index (χ2n) is 4.64. The minimum absolute atomic E-state index is 0.0783. The number of methoxy groups -OCH3 is 1. The van der Waals surface area contributed by atoms with E-state index in [0.717, 1.165) is 0 Å². The van der Waals surface area contributed by atoms with Gasteiger partial charge in [-0.2, -0.15) is 0 Å². The summed E-state index contributed by atoms with van der Waals surface area (Å²) in [6.07, 6.45) is 0.0783. The number of rotatable bonds is 4. The highest BCUT2D eigenvalue weighted by molar-refractivity contribution is 6.04. The van der Waals surface area contributed by atoms with E-state index in [1.807, 2.05) is 0 Å². The van der Waals surface area contributed by atoms with Crippen LogP contribution in [0.2, 0.25) is 0 Å². The molecule has 6 nitrogen and oxygen atoms in total. The van der Waals surface area contributed by atoms with E-state index in [-0.39, 0.29) is 6.42 Å². The van der Waals surface area contributed by atoms with E-state index < -0.39 is 17.4 Å². The third-order valence-corrected chi connectivity index (χ3v) is 2.90. The fourth-order valence-corrected chi connectivity index (χ4v) is 1.77. The van der Waals surface area contributed by atoms with Gasteiger partial charge in [0.25, 0.3) is 5.91 Å². The van der Waals surface area contributed by atoms with Gasteiger partial charge in [-0.3, -0.25) is 14.9 Å². The van der Waals surface area contributed by atoms with Crippen molar-refractivity contribution in [1.82, 2.24) is 5.32 Å². The van der Waals surface area contributed by atoms with Crippen LogP contribution in [0, 0.1) is 0 Å². The molecule has 0 unspecified atom stereocenters. The van der Waals surface area contributed by atoms with E-state index in [1.54, 1.807) is 31.4 Å².